The molecule has 0 saturated carbocycles. The number of aromatic nitrogens is 1. The molecule has 2 unspecified atom stereocenters. The monoisotopic (exact) mass is 431 g/mol. The van der Waals surface area contributed by atoms with E-state index in [2.05, 4.69) is 22.0 Å². The number of nitrogens with one attached hydrogen (secondary N) is 1. The Labute approximate surface area is 189 Å². The van der Waals surface area contributed by atoms with Gasteiger partial charge in [-0.1, -0.05) is 24.1 Å². The lowest BCUT2D eigenvalue weighted by molar-refractivity contribution is 0.00143. The molecule has 5 nitrogen and oxygen atoms in total. The van der Waals surface area contributed by atoms with Gasteiger partial charge in [0.25, 0.3) is 5.91 Å². The zero-order valence-electron chi connectivity index (χ0n) is 19.2. The Hall–Kier alpha value is -2.40. The van der Waals surface area contributed by atoms with Gasteiger partial charge in [-0.05, 0) is 81.5 Å². The highest BCUT2D eigenvalue weighted by atomic mass is 16.2. The van der Waals surface area contributed by atoms with Crippen molar-refractivity contribution in [3.05, 3.63) is 56.9 Å². The van der Waals surface area contributed by atoms with E-state index in [0.717, 1.165) is 42.6 Å². The Balaban J connectivity index is 1.37. The first-order valence-corrected chi connectivity index (χ1v) is 12.4. The van der Waals surface area contributed by atoms with E-state index >= 15 is 0 Å². The Morgan fingerprint density at radius 3 is 2.88 bits per heavy atom. The van der Waals surface area contributed by atoms with E-state index < -0.39 is 0 Å². The summed E-state index contributed by atoms with van der Waals surface area (Å²) in [6.07, 6.45) is 11.4. The van der Waals surface area contributed by atoms with Gasteiger partial charge < -0.3 is 9.88 Å². The van der Waals surface area contributed by atoms with Gasteiger partial charge in [0.15, 0.2) is 0 Å². The van der Waals surface area contributed by atoms with E-state index in [0.29, 0.717) is 23.3 Å². The van der Waals surface area contributed by atoms with Gasteiger partial charge >= 0.3 is 0 Å². The molecule has 3 aliphatic heterocycles. The van der Waals surface area contributed by atoms with Gasteiger partial charge in [0.2, 0.25) is 5.43 Å². The summed E-state index contributed by atoms with van der Waals surface area (Å²) in [5.74, 6) is 1.04. The van der Waals surface area contributed by atoms with Crippen molar-refractivity contribution in [2.75, 3.05) is 19.6 Å². The fourth-order valence-corrected chi connectivity index (χ4v) is 7.21. The molecule has 0 spiro atoms. The summed E-state index contributed by atoms with van der Waals surface area (Å²) in [5.41, 5.74) is 4.53. The molecular weight excluding hydrogens is 398 g/mol. The van der Waals surface area contributed by atoms with E-state index in [-0.39, 0.29) is 22.9 Å². The van der Waals surface area contributed by atoms with Gasteiger partial charge in [-0.25, -0.2) is 0 Å². The molecule has 4 heterocycles. The van der Waals surface area contributed by atoms with Crippen LogP contribution in [-0.2, 0) is 0 Å². The summed E-state index contributed by atoms with van der Waals surface area (Å²) in [6.45, 7) is 7.04. The summed E-state index contributed by atoms with van der Waals surface area (Å²) in [4.78, 5) is 35.2. The molecule has 4 atom stereocenters. The smallest absolute Gasteiger partial charge is 0.259 e. The van der Waals surface area contributed by atoms with Gasteiger partial charge in [-0.15, -0.1) is 0 Å². The van der Waals surface area contributed by atoms with E-state index in [1.807, 2.05) is 24.8 Å². The van der Waals surface area contributed by atoms with Crippen molar-refractivity contribution in [1.29, 1.82) is 0 Å². The van der Waals surface area contributed by atoms with E-state index in [1.165, 1.54) is 37.8 Å². The van der Waals surface area contributed by atoms with Crippen LogP contribution in [0.4, 0.5) is 0 Å². The number of pyridine rings is 1. The first-order valence-electron chi connectivity index (χ1n) is 12.4. The van der Waals surface area contributed by atoms with Crippen LogP contribution in [0.3, 0.4) is 0 Å². The molecule has 3 fully saturated rings. The van der Waals surface area contributed by atoms with Gasteiger partial charge in [0.05, 0.1) is 11.6 Å². The Morgan fingerprint density at radius 1 is 1.12 bits per heavy atom. The van der Waals surface area contributed by atoms with Crippen LogP contribution in [0.1, 0.15) is 60.0 Å². The Morgan fingerprint density at radius 2 is 2.00 bits per heavy atom. The molecule has 1 amide bonds. The number of amides is 1. The van der Waals surface area contributed by atoms with Crippen molar-refractivity contribution in [2.24, 2.45) is 11.8 Å². The molecular formula is C27H33N3O2. The van der Waals surface area contributed by atoms with E-state index in [4.69, 9.17) is 0 Å². The van der Waals surface area contributed by atoms with Crippen LogP contribution >= 0.6 is 0 Å². The highest BCUT2D eigenvalue weighted by molar-refractivity contribution is 5.98. The first kappa shape index (κ1) is 20.2. The number of hydrogen-bond acceptors (Lipinski definition) is 3. The van der Waals surface area contributed by atoms with Crippen LogP contribution in [-0.4, -0.2) is 52.4 Å². The topological polar surface area (TPSA) is 56.4 Å². The fraction of sp³-hybridized carbons (Fsp3) is 0.556. The van der Waals surface area contributed by atoms with Gasteiger partial charge in [0.1, 0.15) is 5.56 Å². The van der Waals surface area contributed by atoms with Crippen LogP contribution in [0.2, 0.25) is 0 Å². The van der Waals surface area contributed by atoms with Crippen molar-refractivity contribution in [2.45, 2.75) is 64.5 Å². The summed E-state index contributed by atoms with van der Waals surface area (Å²) in [6, 6.07) is 4.83. The normalized spacial score (nSPS) is 29.9. The number of H-pyrrole nitrogens is 1. The second-order valence-electron chi connectivity index (χ2n) is 10.5. The predicted molar refractivity (Wildman–Crippen MR) is 127 cm³/mol. The maximum Gasteiger partial charge on any atom is 0.259 e. The van der Waals surface area contributed by atoms with Crippen LogP contribution in [0.25, 0.3) is 10.9 Å². The SMILES string of the molecule is Cc1cc(C)c2[nH]cc(C(=O)N3CCCC4=C[C@H]5C[C@@H](CN6CCCCC56)C43)c(=O)c2c1. The number of nitrogens with zero attached hydrogens (tertiary/aromatic N) is 2. The molecule has 1 aliphatic carbocycles. The maximum atomic E-state index is 13.8. The summed E-state index contributed by atoms with van der Waals surface area (Å²) < 4.78 is 0. The Bertz CT molecular complexity index is 1180. The number of aryl methyl sites for hydroxylation is 2. The number of hydrogen-bond donors (Lipinski definition) is 1. The lowest BCUT2D eigenvalue weighted by Gasteiger charge is -2.54. The third-order valence-electron chi connectivity index (χ3n) is 8.48. The van der Waals surface area contributed by atoms with Gasteiger partial charge in [-0.3, -0.25) is 14.5 Å². The number of aromatic amines is 1. The van der Waals surface area contributed by atoms with E-state index in [1.54, 1.807) is 6.20 Å². The number of fused-ring (bicyclic) bond motifs is 7. The molecule has 4 aliphatic rings. The number of benzene rings is 1. The average Bonchev–Trinajstić information content (AvgIpc) is 2.79. The average molecular weight is 432 g/mol. The lowest BCUT2D eigenvalue weighted by Crippen LogP contribution is -2.60. The predicted octanol–water partition coefficient (Wildman–Crippen LogP) is 4.18. The number of likely N-dealkylation sites (tertiary alicyclic amines) is 1. The van der Waals surface area contributed by atoms with Crippen molar-refractivity contribution in [3.63, 3.8) is 0 Å². The van der Waals surface area contributed by atoms with Gasteiger partial charge in [-0.2, -0.15) is 0 Å². The van der Waals surface area contributed by atoms with Crippen molar-refractivity contribution in [1.82, 2.24) is 14.8 Å². The lowest BCUT2D eigenvalue weighted by atomic mass is 9.68. The van der Waals surface area contributed by atoms with Crippen molar-refractivity contribution < 1.29 is 4.79 Å². The molecule has 168 valence electrons. The number of piperidine rings is 3. The highest BCUT2D eigenvalue weighted by Crippen LogP contribution is 2.45. The fourth-order valence-electron chi connectivity index (χ4n) is 7.21. The number of carbonyl (C=O) groups excluding carboxylic acids is 1. The van der Waals surface area contributed by atoms with Gasteiger partial charge in [0, 0.05) is 30.7 Å². The third kappa shape index (κ3) is 3.08. The number of rotatable bonds is 1. The Kier molecular flexibility index (Phi) is 4.79. The summed E-state index contributed by atoms with van der Waals surface area (Å²) in [5, 5.41) is 0.624. The van der Waals surface area contributed by atoms with Crippen molar-refractivity contribution >= 4 is 16.8 Å². The van der Waals surface area contributed by atoms with Crippen LogP contribution in [0.15, 0.2) is 34.8 Å². The minimum Gasteiger partial charge on any atom is -0.360 e. The zero-order chi connectivity index (χ0) is 22.0. The standard InChI is InChI=1S/C27H33N3O2/c1-16-10-17(2)24-21(11-16)26(31)22(14-28-24)27(32)30-9-5-6-18-12-19-13-20(25(18)30)15-29-8-4-3-7-23(19)29/h10-12,14,19-20,23,25H,3-9,13,15H2,1-2H3,(H,28,31)/t19-,20-,23?,25?/m0/s1. The van der Waals surface area contributed by atoms with Crippen LogP contribution in [0.5, 0.6) is 0 Å². The largest absolute Gasteiger partial charge is 0.360 e. The van der Waals surface area contributed by atoms with E-state index in [9.17, 15) is 9.59 Å². The second-order valence-corrected chi connectivity index (χ2v) is 10.5. The molecule has 6 rings (SSSR count). The molecule has 3 saturated heterocycles. The minimum absolute atomic E-state index is 0.0953. The zero-order valence-corrected chi connectivity index (χ0v) is 19.2. The van der Waals surface area contributed by atoms with Crippen molar-refractivity contribution in [3.8, 4) is 0 Å². The van der Waals surface area contributed by atoms with Crippen LogP contribution < -0.4 is 5.43 Å². The second kappa shape index (κ2) is 7.58. The maximum absolute atomic E-state index is 13.8. The molecule has 1 N–H and O–H groups in total. The number of carbonyl (C=O) groups is 1. The molecule has 5 heteroatoms. The molecule has 1 aromatic heterocycles. The molecule has 1 aromatic carbocycles. The minimum atomic E-state index is -0.139. The molecule has 2 bridgehead atoms. The van der Waals surface area contributed by atoms with Crippen LogP contribution in [0, 0.1) is 25.7 Å². The summed E-state index contributed by atoms with van der Waals surface area (Å²) >= 11 is 0. The molecule has 0 radical (unpaired) electrons. The summed E-state index contributed by atoms with van der Waals surface area (Å²) in [7, 11) is 0. The first-order chi connectivity index (χ1) is 15.5. The molecule has 2 aromatic rings. The molecule has 32 heavy (non-hydrogen) atoms. The quantitative estimate of drug-likeness (QED) is 0.689. The highest BCUT2D eigenvalue weighted by Gasteiger charge is 2.47. The third-order valence-corrected chi connectivity index (χ3v) is 8.48.